The van der Waals surface area contributed by atoms with Gasteiger partial charge in [-0.05, 0) is 49.2 Å². The Balaban J connectivity index is 1.82. The molecule has 0 fully saturated rings. The van der Waals surface area contributed by atoms with Gasteiger partial charge in [0, 0.05) is 11.7 Å². The van der Waals surface area contributed by atoms with Crippen LogP contribution in [0.1, 0.15) is 12.5 Å². The summed E-state index contributed by atoms with van der Waals surface area (Å²) in [5.74, 6) is -0.334. The molecule has 2 aromatic rings. The van der Waals surface area contributed by atoms with E-state index in [1.165, 1.54) is 24.3 Å². The fourth-order valence-electron chi connectivity index (χ4n) is 1.74. The molecule has 0 saturated heterocycles. The van der Waals surface area contributed by atoms with Crippen molar-refractivity contribution in [2.24, 2.45) is 0 Å². The van der Waals surface area contributed by atoms with Crippen LogP contribution in [0.3, 0.4) is 0 Å². The second-order valence-electron chi connectivity index (χ2n) is 4.34. The fourth-order valence-corrected chi connectivity index (χ4v) is 1.74. The van der Waals surface area contributed by atoms with Crippen LogP contribution in [-0.2, 0) is 6.42 Å². The molecule has 1 heterocycles. The molecule has 1 aromatic heterocycles. The zero-order valence-electron chi connectivity index (χ0n) is 10.5. The van der Waals surface area contributed by atoms with Gasteiger partial charge in [0.1, 0.15) is 5.82 Å². The first-order valence-corrected chi connectivity index (χ1v) is 5.97. The molecule has 0 aliphatic heterocycles. The molecule has 2 amide bonds. The van der Waals surface area contributed by atoms with Gasteiger partial charge in [-0.25, -0.2) is 9.18 Å². The molecule has 0 saturated carbocycles. The molecule has 0 spiro atoms. The highest BCUT2D eigenvalue weighted by molar-refractivity contribution is 5.89. The first kappa shape index (κ1) is 13.1. The smallest absolute Gasteiger partial charge is 0.319 e. The number of amides is 2. The molecule has 1 unspecified atom stereocenters. The Morgan fingerprint density at radius 1 is 1.32 bits per heavy atom. The van der Waals surface area contributed by atoms with E-state index in [1.54, 1.807) is 12.5 Å². The van der Waals surface area contributed by atoms with E-state index < -0.39 is 0 Å². The molecule has 4 nitrogen and oxygen atoms in total. The van der Waals surface area contributed by atoms with Crippen molar-refractivity contribution in [3.05, 3.63) is 54.2 Å². The Morgan fingerprint density at radius 2 is 2.05 bits per heavy atom. The summed E-state index contributed by atoms with van der Waals surface area (Å²) < 4.78 is 17.7. The van der Waals surface area contributed by atoms with E-state index in [0.717, 1.165) is 5.56 Å². The summed E-state index contributed by atoms with van der Waals surface area (Å²) in [5.41, 5.74) is 1.57. The molecule has 2 rings (SSSR count). The Hall–Kier alpha value is -2.30. The van der Waals surface area contributed by atoms with Crippen molar-refractivity contribution >= 4 is 11.7 Å². The van der Waals surface area contributed by atoms with E-state index in [4.69, 9.17) is 4.42 Å². The minimum atomic E-state index is -0.334. The lowest BCUT2D eigenvalue weighted by Gasteiger charge is -2.13. The van der Waals surface area contributed by atoms with Gasteiger partial charge >= 0.3 is 6.03 Å². The second-order valence-corrected chi connectivity index (χ2v) is 4.34. The van der Waals surface area contributed by atoms with Crippen LogP contribution in [0, 0.1) is 5.82 Å². The van der Waals surface area contributed by atoms with Crippen molar-refractivity contribution in [2.75, 3.05) is 5.32 Å². The van der Waals surface area contributed by atoms with Crippen LogP contribution in [0.5, 0.6) is 0 Å². The highest BCUT2D eigenvalue weighted by Gasteiger charge is 2.08. The monoisotopic (exact) mass is 262 g/mol. The van der Waals surface area contributed by atoms with E-state index in [1.807, 2.05) is 13.0 Å². The summed E-state index contributed by atoms with van der Waals surface area (Å²) in [6.07, 6.45) is 3.93. The van der Waals surface area contributed by atoms with Crippen LogP contribution in [0.25, 0.3) is 0 Å². The number of halogens is 1. The summed E-state index contributed by atoms with van der Waals surface area (Å²) in [6.45, 7) is 1.90. The molecule has 0 radical (unpaired) electrons. The number of carbonyl (C=O) groups excluding carboxylic acids is 1. The number of furan rings is 1. The van der Waals surface area contributed by atoms with Gasteiger partial charge in [0.05, 0.1) is 12.5 Å². The van der Waals surface area contributed by atoms with Crippen LogP contribution in [-0.4, -0.2) is 12.1 Å². The van der Waals surface area contributed by atoms with E-state index in [-0.39, 0.29) is 17.9 Å². The second kappa shape index (κ2) is 6.04. The van der Waals surface area contributed by atoms with Gasteiger partial charge in [0.25, 0.3) is 0 Å². The van der Waals surface area contributed by atoms with Gasteiger partial charge in [0.2, 0.25) is 0 Å². The SMILES string of the molecule is CC(Cc1ccoc1)NC(=O)Nc1ccc(F)cc1. The van der Waals surface area contributed by atoms with Crippen LogP contribution >= 0.6 is 0 Å². The van der Waals surface area contributed by atoms with E-state index >= 15 is 0 Å². The summed E-state index contributed by atoms with van der Waals surface area (Å²) in [7, 11) is 0. The van der Waals surface area contributed by atoms with Crippen molar-refractivity contribution in [1.29, 1.82) is 0 Å². The Morgan fingerprint density at radius 3 is 2.68 bits per heavy atom. The zero-order chi connectivity index (χ0) is 13.7. The van der Waals surface area contributed by atoms with Crippen LogP contribution in [0.15, 0.2) is 47.3 Å². The first-order valence-electron chi connectivity index (χ1n) is 5.97. The first-order chi connectivity index (χ1) is 9.13. The zero-order valence-corrected chi connectivity index (χ0v) is 10.5. The average molecular weight is 262 g/mol. The van der Waals surface area contributed by atoms with Gasteiger partial charge in [-0.1, -0.05) is 0 Å². The van der Waals surface area contributed by atoms with Crippen molar-refractivity contribution < 1.29 is 13.6 Å². The van der Waals surface area contributed by atoms with Crippen molar-refractivity contribution in [1.82, 2.24) is 5.32 Å². The standard InChI is InChI=1S/C14H15FN2O2/c1-10(8-11-6-7-19-9-11)16-14(18)17-13-4-2-12(15)3-5-13/h2-7,9-10H,8H2,1H3,(H2,16,17,18). The molecular weight excluding hydrogens is 247 g/mol. The third-order valence-electron chi connectivity index (χ3n) is 2.60. The van der Waals surface area contributed by atoms with Gasteiger partial charge in [-0.2, -0.15) is 0 Å². The number of anilines is 1. The number of hydrogen-bond donors (Lipinski definition) is 2. The lowest BCUT2D eigenvalue weighted by molar-refractivity contribution is 0.249. The van der Waals surface area contributed by atoms with Crippen LogP contribution < -0.4 is 10.6 Å². The fraction of sp³-hybridized carbons (Fsp3) is 0.214. The third kappa shape index (κ3) is 4.13. The predicted octanol–water partition coefficient (Wildman–Crippen LogP) is 3.17. The highest BCUT2D eigenvalue weighted by atomic mass is 19.1. The lowest BCUT2D eigenvalue weighted by atomic mass is 10.1. The minimum Gasteiger partial charge on any atom is -0.472 e. The third-order valence-corrected chi connectivity index (χ3v) is 2.60. The number of hydrogen-bond acceptors (Lipinski definition) is 2. The number of rotatable bonds is 4. The number of carbonyl (C=O) groups is 1. The minimum absolute atomic E-state index is 0.0296. The van der Waals surface area contributed by atoms with Crippen molar-refractivity contribution in [3.63, 3.8) is 0 Å². The van der Waals surface area contributed by atoms with Gasteiger partial charge < -0.3 is 15.1 Å². The summed E-state index contributed by atoms with van der Waals surface area (Å²) in [5, 5.41) is 5.44. The maximum atomic E-state index is 12.7. The maximum Gasteiger partial charge on any atom is 0.319 e. The number of nitrogens with one attached hydrogen (secondary N) is 2. The largest absolute Gasteiger partial charge is 0.472 e. The highest BCUT2D eigenvalue weighted by Crippen LogP contribution is 2.08. The normalized spacial score (nSPS) is 11.9. The topological polar surface area (TPSA) is 54.3 Å². The molecular formula is C14H15FN2O2. The van der Waals surface area contributed by atoms with E-state index in [0.29, 0.717) is 12.1 Å². The summed E-state index contributed by atoms with van der Waals surface area (Å²) in [6, 6.07) is 7.12. The van der Waals surface area contributed by atoms with Gasteiger partial charge in [0.15, 0.2) is 0 Å². The Bertz CT molecular complexity index is 523. The molecule has 5 heteroatoms. The molecule has 1 aromatic carbocycles. The van der Waals surface area contributed by atoms with Crippen molar-refractivity contribution in [3.8, 4) is 0 Å². The molecule has 0 aliphatic carbocycles. The van der Waals surface area contributed by atoms with Crippen LogP contribution in [0.2, 0.25) is 0 Å². The molecule has 0 bridgehead atoms. The predicted molar refractivity (Wildman–Crippen MR) is 70.4 cm³/mol. The molecule has 0 aliphatic rings. The molecule has 19 heavy (non-hydrogen) atoms. The summed E-state index contributed by atoms with van der Waals surface area (Å²) >= 11 is 0. The maximum absolute atomic E-state index is 12.7. The molecule has 1 atom stereocenters. The summed E-state index contributed by atoms with van der Waals surface area (Å²) in [4.78, 5) is 11.7. The number of urea groups is 1. The average Bonchev–Trinajstić information content (AvgIpc) is 2.84. The van der Waals surface area contributed by atoms with Crippen molar-refractivity contribution in [2.45, 2.75) is 19.4 Å². The van der Waals surface area contributed by atoms with E-state index in [2.05, 4.69) is 10.6 Å². The van der Waals surface area contributed by atoms with Gasteiger partial charge in [-0.3, -0.25) is 0 Å². The van der Waals surface area contributed by atoms with Crippen LogP contribution in [0.4, 0.5) is 14.9 Å². The lowest BCUT2D eigenvalue weighted by Crippen LogP contribution is -2.37. The van der Waals surface area contributed by atoms with Gasteiger partial charge in [-0.15, -0.1) is 0 Å². The quantitative estimate of drug-likeness (QED) is 0.889. The molecule has 100 valence electrons. The Labute approximate surface area is 110 Å². The Kier molecular flexibility index (Phi) is 4.18. The van der Waals surface area contributed by atoms with E-state index in [9.17, 15) is 9.18 Å². The molecule has 2 N–H and O–H groups in total. The number of benzene rings is 1.